The zero-order chi connectivity index (χ0) is 12.7. The second-order valence-corrected chi connectivity index (χ2v) is 4.38. The lowest BCUT2D eigenvalue weighted by Crippen LogP contribution is -2.16. The van der Waals surface area contributed by atoms with Crippen LogP contribution in [0.2, 0.25) is 0 Å². The van der Waals surface area contributed by atoms with Crippen LogP contribution >= 0.6 is 0 Å². The summed E-state index contributed by atoms with van der Waals surface area (Å²) in [6, 6.07) is 7.77. The van der Waals surface area contributed by atoms with E-state index in [-0.39, 0.29) is 12.2 Å². The van der Waals surface area contributed by atoms with Gasteiger partial charge in [0.2, 0.25) is 0 Å². The highest BCUT2D eigenvalue weighted by atomic mass is 16.5. The summed E-state index contributed by atoms with van der Waals surface area (Å²) in [6.45, 7) is 4.58. The average molecular weight is 238 g/mol. The molecule has 1 unspecified atom stereocenters. The molecule has 1 aromatic carbocycles. The van der Waals surface area contributed by atoms with Crippen molar-refractivity contribution in [3.8, 4) is 5.75 Å². The number of benzene rings is 1. The molecular formula is C14H22O3. The predicted molar refractivity (Wildman–Crippen MR) is 68.4 cm³/mol. The lowest BCUT2D eigenvalue weighted by atomic mass is 10.1. The second-order valence-electron chi connectivity index (χ2n) is 4.38. The van der Waals surface area contributed by atoms with Crippen molar-refractivity contribution in [2.75, 3.05) is 13.7 Å². The molecule has 3 heteroatoms. The van der Waals surface area contributed by atoms with Crippen LogP contribution in [0.4, 0.5) is 0 Å². The molecule has 3 nitrogen and oxygen atoms in total. The Labute approximate surface area is 103 Å². The van der Waals surface area contributed by atoms with Crippen LogP contribution in [0.3, 0.4) is 0 Å². The van der Waals surface area contributed by atoms with E-state index in [0.717, 1.165) is 11.3 Å². The van der Waals surface area contributed by atoms with Gasteiger partial charge in [0.1, 0.15) is 5.75 Å². The molecule has 17 heavy (non-hydrogen) atoms. The van der Waals surface area contributed by atoms with Crippen molar-refractivity contribution in [2.45, 2.75) is 38.9 Å². The maximum Gasteiger partial charge on any atom is 0.122 e. The fraction of sp³-hybridized carbons (Fsp3) is 0.571. The molecule has 0 saturated carbocycles. The van der Waals surface area contributed by atoms with Crippen molar-refractivity contribution < 1.29 is 14.6 Å². The minimum absolute atomic E-state index is 0.216. The van der Waals surface area contributed by atoms with Crippen LogP contribution in [0.1, 0.15) is 25.8 Å². The molecule has 0 aliphatic rings. The number of aliphatic hydroxyl groups is 1. The van der Waals surface area contributed by atoms with E-state index in [9.17, 15) is 5.11 Å². The van der Waals surface area contributed by atoms with Crippen LogP contribution in [0.25, 0.3) is 0 Å². The first-order valence-corrected chi connectivity index (χ1v) is 6.05. The lowest BCUT2D eigenvalue weighted by Gasteiger charge is -2.14. The van der Waals surface area contributed by atoms with E-state index in [1.807, 2.05) is 38.1 Å². The normalized spacial score (nSPS) is 12.8. The van der Waals surface area contributed by atoms with Gasteiger partial charge in [-0.05, 0) is 31.9 Å². The van der Waals surface area contributed by atoms with Gasteiger partial charge in [0.25, 0.3) is 0 Å². The van der Waals surface area contributed by atoms with Crippen molar-refractivity contribution >= 4 is 0 Å². The fourth-order valence-corrected chi connectivity index (χ4v) is 1.67. The Balaban J connectivity index is 2.41. The number of para-hydroxylation sites is 1. The molecule has 0 radical (unpaired) electrons. The van der Waals surface area contributed by atoms with E-state index < -0.39 is 0 Å². The van der Waals surface area contributed by atoms with Crippen molar-refractivity contribution in [3.05, 3.63) is 29.8 Å². The third-order valence-corrected chi connectivity index (χ3v) is 2.55. The molecule has 0 heterocycles. The van der Waals surface area contributed by atoms with E-state index in [1.165, 1.54) is 0 Å². The number of aliphatic hydroxyl groups excluding tert-OH is 1. The Kier molecular flexibility index (Phi) is 6.01. The van der Waals surface area contributed by atoms with Gasteiger partial charge in [0.15, 0.2) is 0 Å². The summed E-state index contributed by atoms with van der Waals surface area (Å²) in [5, 5.41) is 9.90. The maximum atomic E-state index is 9.90. The van der Waals surface area contributed by atoms with E-state index in [4.69, 9.17) is 9.47 Å². The molecule has 0 spiro atoms. The van der Waals surface area contributed by atoms with Crippen LogP contribution < -0.4 is 4.74 Å². The summed E-state index contributed by atoms with van der Waals surface area (Å²) in [5.74, 6) is 0.830. The maximum absolute atomic E-state index is 9.90. The average Bonchev–Trinajstić information content (AvgIpc) is 2.29. The van der Waals surface area contributed by atoms with Crippen molar-refractivity contribution in [3.63, 3.8) is 0 Å². The van der Waals surface area contributed by atoms with Gasteiger partial charge >= 0.3 is 0 Å². The number of hydrogen-bond donors (Lipinski definition) is 1. The molecule has 0 aromatic heterocycles. The van der Waals surface area contributed by atoms with Gasteiger partial charge in [-0.2, -0.15) is 0 Å². The minimum atomic E-state index is -0.384. The van der Waals surface area contributed by atoms with Gasteiger partial charge in [-0.1, -0.05) is 18.2 Å². The van der Waals surface area contributed by atoms with Crippen LogP contribution in [-0.2, 0) is 11.2 Å². The van der Waals surface area contributed by atoms with E-state index in [1.54, 1.807) is 7.11 Å². The monoisotopic (exact) mass is 238 g/mol. The van der Waals surface area contributed by atoms with Crippen LogP contribution in [0.5, 0.6) is 5.75 Å². The minimum Gasteiger partial charge on any atom is -0.496 e. The summed E-state index contributed by atoms with van der Waals surface area (Å²) in [6.07, 6.45) is 1.08. The van der Waals surface area contributed by atoms with Gasteiger partial charge in [0.05, 0.1) is 19.3 Å². The molecular weight excluding hydrogens is 216 g/mol. The molecule has 1 aromatic rings. The summed E-state index contributed by atoms with van der Waals surface area (Å²) in [4.78, 5) is 0. The standard InChI is InChI=1S/C14H22O3/c1-11(2)17-9-8-13(15)10-12-6-4-5-7-14(12)16-3/h4-7,11,13,15H,8-10H2,1-3H3. The Morgan fingerprint density at radius 3 is 2.59 bits per heavy atom. The Hall–Kier alpha value is -1.06. The van der Waals surface area contributed by atoms with Gasteiger partial charge in [-0.15, -0.1) is 0 Å². The van der Waals surface area contributed by atoms with Crippen LogP contribution in [-0.4, -0.2) is 31.0 Å². The summed E-state index contributed by atoms with van der Waals surface area (Å²) >= 11 is 0. The molecule has 1 rings (SSSR count). The van der Waals surface area contributed by atoms with Gasteiger partial charge in [-0.3, -0.25) is 0 Å². The third-order valence-electron chi connectivity index (χ3n) is 2.55. The zero-order valence-electron chi connectivity index (χ0n) is 10.8. The van der Waals surface area contributed by atoms with Gasteiger partial charge in [0, 0.05) is 13.0 Å². The molecule has 0 amide bonds. The largest absolute Gasteiger partial charge is 0.496 e. The SMILES string of the molecule is COc1ccccc1CC(O)CCOC(C)C. The van der Waals surface area contributed by atoms with E-state index in [2.05, 4.69) is 0 Å². The highest BCUT2D eigenvalue weighted by Gasteiger charge is 2.09. The molecule has 0 bridgehead atoms. The third kappa shape index (κ3) is 5.20. The Morgan fingerprint density at radius 2 is 1.94 bits per heavy atom. The molecule has 1 atom stereocenters. The van der Waals surface area contributed by atoms with Gasteiger partial charge < -0.3 is 14.6 Å². The van der Waals surface area contributed by atoms with E-state index >= 15 is 0 Å². The second kappa shape index (κ2) is 7.30. The first-order chi connectivity index (χ1) is 8.13. The quantitative estimate of drug-likeness (QED) is 0.793. The smallest absolute Gasteiger partial charge is 0.122 e. The van der Waals surface area contributed by atoms with Gasteiger partial charge in [-0.25, -0.2) is 0 Å². The van der Waals surface area contributed by atoms with E-state index in [0.29, 0.717) is 19.4 Å². The Bertz CT molecular complexity index is 323. The van der Waals surface area contributed by atoms with Crippen LogP contribution in [0, 0.1) is 0 Å². The summed E-state index contributed by atoms with van der Waals surface area (Å²) < 4.78 is 10.7. The highest BCUT2D eigenvalue weighted by Crippen LogP contribution is 2.19. The summed E-state index contributed by atoms with van der Waals surface area (Å²) in [5.41, 5.74) is 1.03. The molecule has 96 valence electrons. The summed E-state index contributed by atoms with van der Waals surface area (Å²) in [7, 11) is 1.65. The first kappa shape index (κ1) is 14.0. The topological polar surface area (TPSA) is 38.7 Å². The zero-order valence-corrected chi connectivity index (χ0v) is 10.8. The number of hydrogen-bond acceptors (Lipinski definition) is 3. The van der Waals surface area contributed by atoms with Crippen molar-refractivity contribution in [1.29, 1.82) is 0 Å². The molecule has 0 aliphatic carbocycles. The van der Waals surface area contributed by atoms with Crippen molar-refractivity contribution in [2.24, 2.45) is 0 Å². The molecule has 0 saturated heterocycles. The number of rotatable bonds is 7. The first-order valence-electron chi connectivity index (χ1n) is 6.05. The fourth-order valence-electron chi connectivity index (χ4n) is 1.67. The Morgan fingerprint density at radius 1 is 1.24 bits per heavy atom. The lowest BCUT2D eigenvalue weighted by molar-refractivity contribution is 0.0469. The number of methoxy groups -OCH3 is 1. The number of ether oxygens (including phenoxy) is 2. The molecule has 0 fully saturated rings. The van der Waals surface area contributed by atoms with Crippen molar-refractivity contribution in [1.82, 2.24) is 0 Å². The molecule has 1 N–H and O–H groups in total. The molecule has 0 aliphatic heterocycles. The highest BCUT2D eigenvalue weighted by molar-refractivity contribution is 5.33. The predicted octanol–water partition coefficient (Wildman–Crippen LogP) is 2.41. The van der Waals surface area contributed by atoms with Crippen LogP contribution in [0.15, 0.2) is 24.3 Å².